The van der Waals surface area contributed by atoms with Crippen LogP contribution in [0.5, 0.6) is 0 Å². The zero-order valence-electron chi connectivity index (χ0n) is 14.9. The Balaban J connectivity index is 2.21. The molecule has 0 spiro atoms. The largest absolute Gasteiger partial charge is 0.469 e. The Morgan fingerprint density at radius 2 is 2.00 bits per heavy atom. The lowest BCUT2D eigenvalue weighted by molar-refractivity contribution is -0.140. The average Bonchev–Trinajstić information content (AvgIpc) is 2.63. The van der Waals surface area contributed by atoms with Crippen LogP contribution in [0, 0.1) is 0 Å². The van der Waals surface area contributed by atoms with E-state index in [0.717, 1.165) is 12.8 Å². The molecule has 0 unspecified atom stereocenters. The predicted molar refractivity (Wildman–Crippen MR) is 101 cm³/mol. The molecule has 0 bridgehead atoms. The number of carbonyl (C=O) groups is 2. The quantitative estimate of drug-likeness (QED) is 0.311. The molecule has 0 aliphatic heterocycles. The van der Waals surface area contributed by atoms with Crippen molar-refractivity contribution in [2.75, 3.05) is 7.11 Å². The third-order valence-corrected chi connectivity index (χ3v) is 5.11. The van der Waals surface area contributed by atoms with Crippen LogP contribution in [-0.4, -0.2) is 33.8 Å². The molecule has 7 nitrogen and oxygen atoms in total. The third-order valence-electron chi connectivity index (χ3n) is 4.00. The highest BCUT2D eigenvalue weighted by molar-refractivity contribution is 8.00. The molecule has 0 saturated heterocycles. The van der Waals surface area contributed by atoms with E-state index in [4.69, 9.17) is 5.73 Å². The molecule has 26 heavy (non-hydrogen) atoms. The van der Waals surface area contributed by atoms with Crippen LogP contribution >= 0.6 is 11.8 Å². The van der Waals surface area contributed by atoms with Crippen LogP contribution < -0.4 is 11.3 Å². The maximum atomic E-state index is 12.8. The Hall–Kier alpha value is -2.35. The predicted octanol–water partition coefficient (Wildman–Crippen LogP) is 2.10. The minimum absolute atomic E-state index is 0.136. The van der Waals surface area contributed by atoms with E-state index in [1.807, 2.05) is 6.07 Å². The Bertz CT molecular complexity index is 850. The molecule has 2 rings (SSSR count). The molecular weight excluding hydrogens is 354 g/mol. The average molecular weight is 377 g/mol. The number of hydrogen-bond donors (Lipinski definition) is 1. The first-order chi connectivity index (χ1) is 12.4. The summed E-state index contributed by atoms with van der Waals surface area (Å²) in [5, 5.41) is 0.528. The second-order valence-electron chi connectivity index (χ2n) is 5.92. The SMILES string of the molecule is COC(=O)CCCCCn1c(S[C@H](C)C(N)=O)nc2ccccc2c1=O. The van der Waals surface area contributed by atoms with Crippen molar-refractivity contribution in [1.82, 2.24) is 9.55 Å². The molecule has 0 fully saturated rings. The number of unbranched alkanes of at least 4 members (excludes halogenated alkanes) is 2. The van der Waals surface area contributed by atoms with Crippen molar-refractivity contribution in [3.63, 3.8) is 0 Å². The standard InChI is InChI=1S/C18H23N3O4S/c1-12(16(19)23)26-18-20-14-9-6-5-8-13(14)17(24)21(18)11-7-3-4-10-15(22)25-2/h5-6,8-9,12H,3-4,7,10-11H2,1-2H3,(H2,19,23)/t12-/m1/s1. The van der Waals surface area contributed by atoms with Gasteiger partial charge in [-0.05, 0) is 31.9 Å². The molecule has 0 aliphatic rings. The van der Waals surface area contributed by atoms with Gasteiger partial charge in [0, 0.05) is 13.0 Å². The molecule has 2 N–H and O–H groups in total. The fraction of sp³-hybridized carbons (Fsp3) is 0.444. The van der Waals surface area contributed by atoms with E-state index in [1.54, 1.807) is 29.7 Å². The molecule has 140 valence electrons. The number of carbonyl (C=O) groups excluding carboxylic acids is 2. The number of rotatable bonds is 9. The number of amides is 1. The van der Waals surface area contributed by atoms with Gasteiger partial charge in [0.25, 0.3) is 5.56 Å². The Labute approximate surface area is 155 Å². The van der Waals surface area contributed by atoms with Gasteiger partial charge in [0.05, 0.1) is 23.3 Å². The van der Waals surface area contributed by atoms with Crippen LogP contribution in [-0.2, 0) is 20.9 Å². The van der Waals surface area contributed by atoms with Crippen molar-refractivity contribution >= 4 is 34.5 Å². The Kier molecular flexibility index (Phi) is 7.20. The summed E-state index contributed by atoms with van der Waals surface area (Å²) in [6.07, 6.45) is 2.56. The molecule has 1 amide bonds. The number of esters is 1. The number of thioether (sulfide) groups is 1. The summed E-state index contributed by atoms with van der Waals surface area (Å²) >= 11 is 1.18. The van der Waals surface area contributed by atoms with E-state index in [9.17, 15) is 14.4 Å². The summed E-state index contributed by atoms with van der Waals surface area (Å²) in [4.78, 5) is 39.9. The van der Waals surface area contributed by atoms with Gasteiger partial charge in [-0.25, -0.2) is 4.98 Å². The minimum atomic E-state index is -0.492. The van der Waals surface area contributed by atoms with Crippen molar-refractivity contribution in [2.45, 2.75) is 49.6 Å². The van der Waals surface area contributed by atoms with Gasteiger partial charge < -0.3 is 10.5 Å². The first kappa shape index (κ1) is 20.0. The monoisotopic (exact) mass is 377 g/mol. The maximum absolute atomic E-state index is 12.8. The number of ether oxygens (including phenoxy) is 1. The molecule has 0 saturated carbocycles. The highest BCUT2D eigenvalue weighted by Crippen LogP contribution is 2.22. The summed E-state index contributed by atoms with van der Waals surface area (Å²) in [6.45, 7) is 2.15. The number of aromatic nitrogens is 2. The second-order valence-corrected chi connectivity index (χ2v) is 7.23. The molecule has 1 aromatic carbocycles. The van der Waals surface area contributed by atoms with E-state index < -0.39 is 11.2 Å². The van der Waals surface area contributed by atoms with Gasteiger partial charge in [-0.1, -0.05) is 30.3 Å². The van der Waals surface area contributed by atoms with Crippen molar-refractivity contribution < 1.29 is 14.3 Å². The van der Waals surface area contributed by atoms with Crippen molar-refractivity contribution in [3.8, 4) is 0 Å². The first-order valence-corrected chi connectivity index (χ1v) is 9.34. The molecule has 1 atom stereocenters. The lowest BCUT2D eigenvalue weighted by atomic mass is 10.2. The minimum Gasteiger partial charge on any atom is -0.469 e. The molecule has 1 heterocycles. The highest BCUT2D eigenvalue weighted by atomic mass is 32.2. The molecular formula is C18H23N3O4S. The van der Waals surface area contributed by atoms with Crippen molar-refractivity contribution in [1.29, 1.82) is 0 Å². The topological polar surface area (TPSA) is 104 Å². The molecule has 0 radical (unpaired) electrons. The summed E-state index contributed by atoms with van der Waals surface area (Å²) in [7, 11) is 1.37. The summed E-state index contributed by atoms with van der Waals surface area (Å²) in [6, 6.07) is 7.13. The van der Waals surface area contributed by atoms with Gasteiger partial charge in [-0.15, -0.1) is 0 Å². The number of nitrogens with two attached hydrogens (primary N) is 1. The normalized spacial score (nSPS) is 12.1. The Morgan fingerprint density at radius 3 is 2.69 bits per heavy atom. The fourth-order valence-electron chi connectivity index (χ4n) is 2.47. The summed E-state index contributed by atoms with van der Waals surface area (Å²) in [5.41, 5.74) is 5.81. The maximum Gasteiger partial charge on any atom is 0.305 e. The molecule has 0 aliphatic carbocycles. The van der Waals surface area contributed by atoms with Crippen LogP contribution in [0.15, 0.2) is 34.2 Å². The highest BCUT2D eigenvalue weighted by Gasteiger charge is 2.17. The second kappa shape index (κ2) is 9.38. The van der Waals surface area contributed by atoms with E-state index in [1.165, 1.54) is 18.9 Å². The molecule has 1 aromatic heterocycles. The zero-order valence-corrected chi connectivity index (χ0v) is 15.8. The fourth-order valence-corrected chi connectivity index (χ4v) is 3.35. The van der Waals surface area contributed by atoms with Gasteiger partial charge in [0.2, 0.25) is 5.91 Å². The first-order valence-electron chi connectivity index (χ1n) is 8.46. The number of benzene rings is 1. The number of nitrogens with zero attached hydrogens (tertiary/aromatic N) is 2. The van der Waals surface area contributed by atoms with Gasteiger partial charge in [0.15, 0.2) is 5.16 Å². The molecule has 2 aromatic rings. The smallest absolute Gasteiger partial charge is 0.305 e. The van der Waals surface area contributed by atoms with Gasteiger partial charge in [-0.2, -0.15) is 0 Å². The van der Waals surface area contributed by atoms with E-state index in [-0.39, 0.29) is 11.5 Å². The summed E-state index contributed by atoms with van der Waals surface area (Å²) < 4.78 is 6.20. The summed E-state index contributed by atoms with van der Waals surface area (Å²) in [5.74, 6) is -0.692. The van der Waals surface area contributed by atoms with Crippen LogP contribution in [0.4, 0.5) is 0 Å². The number of fused-ring (bicyclic) bond motifs is 1. The van der Waals surface area contributed by atoms with E-state index in [0.29, 0.717) is 35.4 Å². The van der Waals surface area contributed by atoms with Gasteiger partial charge in [0.1, 0.15) is 0 Å². The number of methoxy groups -OCH3 is 1. The van der Waals surface area contributed by atoms with E-state index in [2.05, 4.69) is 9.72 Å². The lowest BCUT2D eigenvalue weighted by Crippen LogP contribution is -2.27. The number of primary amides is 1. The number of hydrogen-bond acceptors (Lipinski definition) is 6. The third kappa shape index (κ3) is 5.08. The van der Waals surface area contributed by atoms with Crippen LogP contribution in [0.2, 0.25) is 0 Å². The van der Waals surface area contributed by atoms with E-state index >= 15 is 0 Å². The van der Waals surface area contributed by atoms with Crippen molar-refractivity contribution in [3.05, 3.63) is 34.6 Å². The molecule has 8 heteroatoms. The van der Waals surface area contributed by atoms with Crippen molar-refractivity contribution in [2.24, 2.45) is 5.73 Å². The zero-order chi connectivity index (χ0) is 19.1. The van der Waals surface area contributed by atoms with Crippen LogP contribution in [0.25, 0.3) is 10.9 Å². The van der Waals surface area contributed by atoms with Gasteiger partial charge in [-0.3, -0.25) is 19.0 Å². The number of para-hydroxylation sites is 1. The van der Waals surface area contributed by atoms with Crippen LogP contribution in [0.3, 0.4) is 0 Å². The lowest BCUT2D eigenvalue weighted by Gasteiger charge is -2.15. The Morgan fingerprint density at radius 1 is 1.27 bits per heavy atom. The van der Waals surface area contributed by atoms with Crippen LogP contribution in [0.1, 0.15) is 32.6 Å². The van der Waals surface area contributed by atoms with Gasteiger partial charge >= 0.3 is 5.97 Å².